The Kier molecular flexibility index (Phi) is 10.4. The molecule has 2 N–H and O–H groups in total. The summed E-state index contributed by atoms with van der Waals surface area (Å²) in [7, 11) is 1.68. The van der Waals surface area contributed by atoms with E-state index in [-0.39, 0.29) is 18.4 Å². The first-order valence-electron chi connectivity index (χ1n) is 15.3. The summed E-state index contributed by atoms with van der Waals surface area (Å²) in [5.41, 5.74) is 1.66. The number of hydrogen-bond donors (Lipinski definition) is 2. The van der Waals surface area contributed by atoms with E-state index in [4.69, 9.17) is 9.72 Å². The molecule has 3 aromatic rings. The number of hydrogen-bond acceptors (Lipinski definition) is 6. The summed E-state index contributed by atoms with van der Waals surface area (Å²) in [4.78, 5) is 39.7. The predicted octanol–water partition coefficient (Wildman–Crippen LogP) is 5.47. The molecule has 2 amide bonds. The lowest BCUT2D eigenvalue weighted by atomic mass is 9.70. The average Bonchev–Trinajstić information content (AvgIpc) is 3.35. The minimum atomic E-state index is -1.06. The van der Waals surface area contributed by atoms with Gasteiger partial charge in [-0.25, -0.2) is 9.78 Å². The van der Waals surface area contributed by atoms with Crippen LogP contribution in [0.15, 0.2) is 48.7 Å². The Morgan fingerprint density at radius 1 is 1.12 bits per heavy atom. The molecule has 4 rings (SSSR count). The normalized spacial score (nSPS) is 20.0. The Bertz CT molecular complexity index is 1370. The summed E-state index contributed by atoms with van der Waals surface area (Å²) in [5.74, 6) is -0.241. The van der Waals surface area contributed by atoms with Crippen LogP contribution in [-0.4, -0.2) is 85.4 Å². The molecule has 4 atom stereocenters. The summed E-state index contributed by atoms with van der Waals surface area (Å²) in [5, 5.41) is 22.1. The fraction of sp³-hybridized carbons (Fsp3) is 0.576. The van der Waals surface area contributed by atoms with E-state index in [2.05, 4.69) is 4.98 Å². The first-order valence-corrected chi connectivity index (χ1v) is 15.3. The molecule has 0 spiro atoms. The number of benzene rings is 1. The Morgan fingerprint density at radius 2 is 1.84 bits per heavy atom. The van der Waals surface area contributed by atoms with E-state index in [0.29, 0.717) is 37.6 Å². The smallest absolute Gasteiger partial charge is 0.407 e. The minimum Gasteiger partial charge on any atom is -0.465 e. The molecule has 0 radical (unpaired) electrons. The molecule has 43 heavy (non-hydrogen) atoms. The van der Waals surface area contributed by atoms with Gasteiger partial charge >= 0.3 is 6.09 Å². The lowest BCUT2D eigenvalue weighted by Gasteiger charge is -2.52. The van der Waals surface area contributed by atoms with Crippen LogP contribution < -0.4 is 0 Å². The minimum absolute atomic E-state index is 0.126. The third-order valence-corrected chi connectivity index (χ3v) is 8.31. The largest absolute Gasteiger partial charge is 0.465 e. The van der Waals surface area contributed by atoms with Crippen molar-refractivity contribution >= 4 is 23.0 Å². The van der Waals surface area contributed by atoms with Crippen LogP contribution in [0.1, 0.15) is 76.3 Å². The number of carboxylic acid groups (broad SMARTS) is 1. The first-order chi connectivity index (χ1) is 20.4. The maximum atomic E-state index is 14.5. The number of aromatic nitrogens is 3. The molecule has 10 nitrogen and oxygen atoms in total. The Morgan fingerprint density at radius 3 is 2.47 bits per heavy atom. The number of ether oxygens (including phenoxy) is 1. The molecule has 2 unspecified atom stereocenters. The molecule has 0 aliphatic carbocycles. The molecule has 1 aliphatic heterocycles. The molecule has 10 heteroatoms. The van der Waals surface area contributed by atoms with Crippen molar-refractivity contribution in [1.82, 2.24) is 24.3 Å². The second kappa shape index (κ2) is 13.9. The van der Waals surface area contributed by atoms with Crippen molar-refractivity contribution in [2.24, 2.45) is 17.3 Å². The van der Waals surface area contributed by atoms with Gasteiger partial charge in [-0.1, -0.05) is 52.8 Å². The summed E-state index contributed by atoms with van der Waals surface area (Å²) < 4.78 is 7.22. The zero-order valence-corrected chi connectivity index (χ0v) is 26.3. The van der Waals surface area contributed by atoms with E-state index in [1.54, 1.807) is 30.3 Å². The van der Waals surface area contributed by atoms with Crippen LogP contribution >= 0.6 is 0 Å². The third kappa shape index (κ3) is 7.36. The van der Waals surface area contributed by atoms with Gasteiger partial charge in [0.15, 0.2) is 5.82 Å². The van der Waals surface area contributed by atoms with Crippen molar-refractivity contribution in [1.29, 1.82) is 0 Å². The number of para-hydroxylation sites is 2. The Labute approximate surface area is 254 Å². The van der Waals surface area contributed by atoms with Gasteiger partial charge in [0.25, 0.3) is 5.91 Å². The van der Waals surface area contributed by atoms with Crippen LogP contribution in [0, 0.1) is 17.3 Å². The number of imidazole rings is 1. The number of carbonyl (C=O) groups excluding carboxylic acids is 1. The number of rotatable bonds is 11. The molecule has 234 valence electrons. The molecule has 3 heterocycles. The van der Waals surface area contributed by atoms with Crippen molar-refractivity contribution in [3.8, 4) is 0 Å². The maximum absolute atomic E-state index is 14.5. The number of likely N-dealkylation sites (tertiary alicyclic amines) is 1. The number of piperidine rings is 1. The summed E-state index contributed by atoms with van der Waals surface area (Å²) >= 11 is 0. The van der Waals surface area contributed by atoms with Crippen molar-refractivity contribution in [3.05, 3.63) is 60.2 Å². The standard InChI is InChI=1S/C33H47N5O5/c1-22(2)20-37(31(40)30-35-25-13-7-8-15-27(25)36(30)17-11-12-18-43-6)23-19-24(28(39)26-14-9-10-16-34-26)29(33(3,4)5)38(21-23)32(41)42/h7-10,13-16,22-24,28-29,39H,11-12,17-21H2,1-6H3,(H,41,42)/t23-,24-,28?,29?/m0/s1. The topological polar surface area (TPSA) is 121 Å². The number of nitrogens with zero attached hydrogens (tertiary/aromatic N) is 5. The lowest BCUT2D eigenvalue weighted by molar-refractivity contribution is -0.0597. The highest BCUT2D eigenvalue weighted by Crippen LogP contribution is 2.43. The third-order valence-electron chi connectivity index (χ3n) is 8.31. The van der Waals surface area contributed by atoms with Gasteiger partial charge in [0.1, 0.15) is 6.10 Å². The van der Waals surface area contributed by atoms with E-state index in [9.17, 15) is 19.8 Å². The van der Waals surface area contributed by atoms with Gasteiger partial charge in [0.2, 0.25) is 0 Å². The highest BCUT2D eigenvalue weighted by molar-refractivity contribution is 5.95. The fourth-order valence-electron chi connectivity index (χ4n) is 6.59. The Hall–Kier alpha value is -3.50. The molecule has 1 aliphatic rings. The second-order valence-electron chi connectivity index (χ2n) is 13.1. The van der Waals surface area contributed by atoms with Crippen LogP contribution in [0.5, 0.6) is 0 Å². The van der Waals surface area contributed by atoms with E-state index >= 15 is 0 Å². The lowest BCUT2D eigenvalue weighted by Crippen LogP contribution is -2.63. The van der Waals surface area contributed by atoms with Crippen molar-refractivity contribution in [2.45, 2.75) is 78.6 Å². The van der Waals surface area contributed by atoms with Gasteiger partial charge in [0.05, 0.1) is 22.8 Å². The van der Waals surface area contributed by atoms with Crippen LogP contribution in [0.2, 0.25) is 0 Å². The quantitative estimate of drug-likeness (QED) is 0.283. The van der Waals surface area contributed by atoms with Gasteiger partial charge in [-0.15, -0.1) is 0 Å². The zero-order valence-electron chi connectivity index (χ0n) is 26.3. The number of amides is 2. The molecule has 0 bridgehead atoms. The van der Waals surface area contributed by atoms with E-state index in [1.165, 1.54) is 4.90 Å². The van der Waals surface area contributed by atoms with E-state index in [0.717, 1.165) is 23.9 Å². The van der Waals surface area contributed by atoms with E-state index in [1.807, 2.05) is 69.5 Å². The maximum Gasteiger partial charge on any atom is 0.407 e. The number of pyridine rings is 1. The van der Waals surface area contributed by atoms with Gasteiger partial charge in [0, 0.05) is 51.5 Å². The van der Waals surface area contributed by atoms with Crippen molar-refractivity contribution in [2.75, 3.05) is 26.8 Å². The van der Waals surface area contributed by atoms with Crippen LogP contribution in [-0.2, 0) is 11.3 Å². The van der Waals surface area contributed by atoms with Crippen LogP contribution in [0.4, 0.5) is 4.79 Å². The number of carbonyl (C=O) groups is 2. The molecular weight excluding hydrogens is 546 g/mol. The van der Waals surface area contributed by atoms with Crippen molar-refractivity contribution < 1.29 is 24.5 Å². The number of unbranched alkanes of at least 4 members (excludes halogenated alkanes) is 1. The molecular formula is C33H47N5O5. The summed E-state index contributed by atoms with van der Waals surface area (Å²) in [6.07, 6.45) is 1.66. The number of aliphatic hydroxyl groups is 1. The van der Waals surface area contributed by atoms with Gasteiger partial charge in [-0.3, -0.25) is 9.78 Å². The summed E-state index contributed by atoms with van der Waals surface area (Å²) in [6.45, 7) is 11.9. The fourth-order valence-corrected chi connectivity index (χ4v) is 6.59. The number of aliphatic hydroxyl groups excluding tert-OH is 1. The monoisotopic (exact) mass is 593 g/mol. The highest BCUT2D eigenvalue weighted by atomic mass is 16.5. The Balaban J connectivity index is 1.76. The number of aryl methyl sites for hydroxylation is 1. The summed E-state index contributed by atoms with van der Waals surface area (Å²) in [6, 6.07) is 12.2. The SMILES string of the molecule is COCCCCn1c(C(=O)N(CC(C)C)[C@H]2C[C@@H](C(O)c3ccccn3)C(C(C)(C)C)N(C(=O)O)C2)nc2ccccc21. The molecule has 1 saturated heterocycles. The predicted molar refractivity (Wildman–Crippen MR) is 166 cm³/mol. The van der Waals surface area contributed by atoms with Crippen molar-refractivity contribution in [3.63, 3.8) is 0 Å². The molecule has 2 aromatic heterocycles. The van der Waals surface area contributed by atoms with Crippen LogP contribution in [0.25, 0.3) is 11.0 Å². The average molecular weight is 594 g/mol. The first kappa shape index (κ1) is 32.4. The molecule has 1 aromatic carbocycles. The van der Waals surface area contributed by atoms with Crippen LogP contribution in [0.3, 0.4) is 0 Å². The zero-order chi connectivity index (χ0) is 31.3. The number of fused-ring (bicyclic) bond motifs is 1. The van der Waals surface area contributed by atoms with Gasteiger partial charge < -0.3 is 29.3 Å². The van der Waals surface area contributed by atoms with Gasteiger partial charge in [-0.05, 0) is 54.9 Å². The number of methoxy groups -OCH3 is 1. The molecule has 0 saturated carbocycles. The highest BCUT2D eigenvalue weighted by Gasteiger charge is 2.49. The van der Waals surface area contributed by atoms with E-state index < -0.39 is 35.6 Å². The second-order valence-corrected chi connectivity index (χ2v) is 13.1. The molecule has 1 fully saturated rings. The van der Waals surface area contributed by atoms with Gasteiger partial charge in [-0.2, -0.15) is 0 Å².